The van der Waals surface area contributed by atoms with E-state index >= 15 is 0 Å². The second-order valence-electron chi connectivity index (χ2n) is 3.97. The number of amides is 1. The van der Waals surface area contributed by atoms with E-state index in [9.17, 15) is 4.79 Å². The van der Waals surface area contributed by atoms with E-state index in [2.05, 4.69) is 20.9 Å². The predicted molar refractivity (Wildman–Crippen MR) is 98.3 cm³/mol. The number of hydrogen-bond donors (Lipinski definition) is 3. The lowest BCUT2D eigenvalue weighted by Crippen LogP contribution is -2.39. The minimum absolute atomic E-state index is 0. The molecule has 0 saturated heterocycles. The summed E-state index contributed by atoms with van der Waals surface area (Å²) in [6, 6.07) is 3.61. The number of carbonyl (C=O) groups excluding carboxylic acids is 1. The first-order valence-electron chi connectivity index (χ1n) is 6.56. The predicted octanol–water partition coefficient (Wildman–Crippen LogP) is 1.43. The number of nitrogens with one attached hydrogen (secondary N) is 3. The Bertz CT molecular complexity index is 412. The van der Waals surface area contributed by atoms with E-state index in [4.69, 9.17) is 4.42 Å². The van der Waals surface area contributed by atoms with Crippen LogP contribution in [0.25, 0.3) is 0 Å². The third-order valence-electron chi connectivity index (χ3n) is 2.36. The Labute approximate surface area is 146 Å². The number of hydrogen-bond acceptors (Lipinski definition) is 4. The summed E-state index contributed by atoms with van der Waals surface area (Å²) >= 11 is 1.76. The highest BCUT2D eigenvalue weighted by Gasteiger charge is 2.03. The molecule has 0 unspecified atom stereocenters. The first-order valence-corrected chi connectivity index (χ1v) is 7.95. The molecule has 1 aromatic rings. The normalized spacial score (nSPS) is 10.7. The molecule has 0 bridgehead atoms. The van der Waals surface area contributed by atoms with Crippen molar-refractivity contribution in [1.29, 1.82) is 0 Å². The van der Waals surface area contributed by atoms with Gasteiger partial charge in [0.25, 0.3) is 0 Å². The number of furan rings is 1. The van der Waals surface area contributed by atoms with Crippen LogP contribution in [-0.2, 0) is 11.3 Å². The standard InChI is InChI=1S/C13H22N4O2S.HI/c1-3-14-13(15-6-8-20-2)17-10-12(18)16-9-11-5-4-7-19-11;/h4-5,7H,3,6,8-10H2,1-2H3,(H,16,18)(H2,14,15,17);1H. The van der Waals surface area contributed by atoms with Gasteiger partial charge in [-0.15, -0.1) is 24.0 Å². The number of nitrogens with zero attached hydrogens (tertiary/aromatic N) is 1. The molecule has 6 nitrogen and oxygen atoms in total. The fourth-order valence-electron chi connectivity index (χ4n) is 1.42. The van der Waals surface area contributed by atoms with Crippen molar-refractivity contribution in [3.63, 3.8) is 0 Å². The molecular formula is C13H23IN4O2S. The van der Waals surface area contributed by atoms with Crippen molar-refractivity contribution in [1.82, 2.24) is 16.0 Å². The van der Waals surface area contributed by atoms with E-state index < -0.39 is 0 Å². The van der Waals surface area contributed by atoms with E-state index in [1.54, 1.807) is 24.1 Å². The minimum atomic E-state index is -0.136. The zero-order valence-corrected chi connectivity index (χ0v) is 15.5. The highest BCUT2D eigenvalue weighted by atomic mass is 127. The van der Waals surface area contributed by atoms with Crippen LogP contribution < -0.4 is 16.0 Å². The average Bonchev–Trinajstić information content (AvgIpc) is 2.96. The fraction of sp³-hybridized carbons (Fsp3) is 0.538. The van der Waals surface area contributed by atoms with E-state index in [1.807, 2.05) is 19.2 Å². The van der Waals surface area contributed by atoms with Gasteiger partial charge in [-0.2, -0.15) is 11.8 Å². The smallest absolute Gasteiger partial charge is 0.242 e. The van der Waals surface area contributed by atoms with E-state index in [-0.39, 0.29) is 36.4 Å². The van der Waals surface area contributed by atoms with Crippen molar-refractivity contribution in [2.24, 2.45) is 4.99 Å². The Morgan fingerprint density at radius 2 is 2.19 bits per heavy atom. The maximum atomic E-state index is 11.7. The Balaban J connectivity index is 0.00000400. The maximum Gasteiger partial charge on any atom is 0.242 e. The lowest BCUT2D eigenvalue weighted by atomic mass is 10.4. The van der Waals surface area contributed by atoms with Crippen LogP contribution in [0.15, 0.2) is 27.8 Å². The van der Waals surface area contributed by atoms with Gasteiger partial charge in [-0.25, -0.2) is 4.99 Å². The molecule has 0 fully saturated rings. The van der Waals surface area contributed by atoms with Crippen molar-refractivity contribution >= 4 is 47.6 Å². The zero-order valence-electron chi connectivity index (χ0n) is 12.3. The van der Waals surface area contributed by atoms with E-state index in [0.29, 0.717) is 12.5 Å². The quantitative estimate of drug-likeness (QED) is 0.254. The molecule has 0 saturated carbocycles. The van der Waals surface area contributed by atoms with Gasteiger partial charge in [0.2, 0.25) is 5.91 Å². The van der Waals surface area contributed by atoms with Crippen LogP contribution in [0.2, 0.25) is 0 Å². The van der Waals surface area contributed by atoms with E-state index in [1.165, 1.54) is 0 Å². The minimum Gasteiger partial charge on any atom is -0.467 e. The van der Waals surface area contributed by atoms with Gasteiger partial charge < -0.3 is 20.4 Å². The fourth-order valence-corrected chi connectivity index (χ4v) is 1.73. The first kappa shape index (κ1) is 20.1. The molecular weight excluding hydrogens is 403 g/mol. The lowest BCUT2D eigenvalue weighted by Gasteiger charge is -2.10. The summed E-state index contributed by atoms with van der Waals surface area (Å²) in [5, 5.41) is 9.01. The van der Waals surface area contributed by atoms with Crippen LogP contribution in [0.4, 0.5) is 0 Å². The summed E-state index contributed by atoms with van der Waals surface area (Å²) in [5.41, 5.74) is 0. The van der Waals surface area contributed by atoms with Crippen LogP contribution in [-0.4, -0.2) is 43.5 Å². The van der Waals surface area contributed by atoms with Gasteiger partial charge in [-0.3, -0.25) is 4.79 Å². The summed E-state index contributed by atoms with van der Waals surface area (Å²) in [7, 11) is 0. The summed E-state index contributed by atoms with van der Waals surface area (Å²) in [6.45, 7) is 4.05. The van der Waals surface area contributed by atoms with Gasteiger partial charge in [0, 0.05) is 18.8 Å². The number of halogens is 1. The molecule has 0 atom stereocenters. The van der Waals surface area contributed by atoms with Crippen molar-refractivity contribution < 1.29 is 9.21 Å². The van der Waals surface area contributed by atoms with Gasteiger partial charge in [0.1, 0.15) is 12.3 Å². The van der Waals surface area contributed by atoms with E-state index in [0.717, 1.165) is 24.6 Å². The van der Waals surface area contributed by atoms with Gasteiger partial charge in [-0.05, 0) is 25.3 Å². The second-order valence-corrected chi connectivity index (χ2v) is 4.96. The Morgan fingerprint density at radius 3 is 2.81 bits per heavy atom. The molecule has 0 aliphatic carbocycles. The molecule has 1 amide bonds. The van der Waals surface area contributed by atoms with Crippen molar-refractivity contribution in [2.45, 2.75) is 13.5 Å². The second kappa shape index (κ2) is 12.8. The SMILES string of the molecule is CCNC(=NCC(=O)NCc1ccco1)NCCSC.I. The monoisotopic (exact) mass is 426 g/mol. The highest BCUT2D eigenvalue weighted by molar-refractivity contribution is 14.0. The van der Waals surface area contributed by atoms with Crippen LogP contribution in [0, 0.1) is 0 Å². The molecule has 3 N–H and O–H groups in total. The average molecular weight is 426 g/mol. The number of aliphatic imine (C=N–C) groups is 1. The Kier molecular flexibility index (Phi) is 12.3. The molecule has 120 valence electrons. The molecule has 0 aromatic carbocycles. The lowest BCUT2D eigenvalue weighted by molar-refractivity contribution is -0.119. The number of thioether (sulfide) groups is 1. The summed E-state index contributed by atoms with van der Waals surface area (Å²) in [6.07, 6.45) is 3.63. The molecule has 1 heterocycles. The van der Waals surface area contributed by atoms with Gasteiger partial charge in [-0.1, -0.05) is 0 Å². The van der Waals surface area contributed by atoms with Crippen molar-refractivity contribution in [2.75, 3.05) is 31.6 Å². The summed E-state index contributed by atoms with van der Waals surface area (Å²) in [5.74, 6) is 2.25. The third kappa shape index (κ3) is 9.62. The Hall–Kier alpha value is -0.900. The molecule has 0 radical (unpaired) electrons. The van der Waals surface area contributed by atoms with Gasteiger partial charge in [0.15, 0.2) is 5.96 Å². The molecule has 0 aliphatic heterocycles. The van der Waals surface area contributed by atoms with Crippen LogP contribution in [0.5, 0.6) is 0 Å². The van der Waals surface area contributed by atoms with Crippen molar-refractivity contribution in [3.05, 3.63) is 24.2 Å². The van der Waals surface area contributed by atoms with Crippen LogP contribution >= 0.6 is 35.7 Å². The number of guanidine groups is 1. The summed E-state index contributed by atoms with van der Waals surface area (Å²) in [4.78, 5) is 15.9. The largest absolute Gasteiger partial charge is 0.467 e. The summed E-state index contributed by atoms with van der Waals surface area (Å²) < 4.78 is 5.14. The third-order valence-corrected chi connectivity index (χ3v) is 2.98. The van der Waals surface area contributed by atoms with Crippen LogP contribution in [0.3, 0.4) is 0 Å². The number of rotatable bonds is 8. The topological polar surface area (TPSA) is 78.7 Å². The molecule has 1 aromatic heterocycles. The molecule has 1 rings (SSSR count). The zero-order chi connectivity index (χ0) is 14.6. The van der Waals surface area contributed by atoms with Gasteiger partial charge in [0.05, 0.1) is 12.8 Å². The molecule has 8 heteroatoms. The molecule has 0 aliphatic rings. The Morgan fingerprint density at radius 1 is 1.38 bits per heavy atom. The molecule has 0 spiro atoms. The highest BCUT2D eigenvalue weighted by Crippen LogP contribution is 1.98. The van der Waals surface area contributed by atoms with Gasteiger partial charge >= 0.3 is 0 Å². The maximum absolute atomic E-state index is 11.7. The molecule has 21 heavy (non-hydrogen) atoms. The number of carbonyl (C=O) groups is 1. The van der Waals surface area contributed by atoms with Crippen molar-refractivity contribution in [3.8, 4) is 0 Å². The van der Waals surface area contributed by atoms with Crippen LogP contribution in [0.1, 0.15) is 12.7 Å². The first-order chi connectivity index (χ1) is 9.76.